The van der Waals surface area contributed by atoms with Crippen LogP contribution in [0.4, 0.5) is 10.6 Å². The number of pyridine rings is 2. The fourth-order valence-corrected chi connectivity index (χ4v) is 4.13. The molecule has 0 unspecified atom stereocenters. The molecule has 2 aromatic rings. The number of carbonyl (C=O) groups is 2. The van der Waals surface area contributed by atoms with Crippen LogP contribution in [0.5, 0.6) is 0 Å². The molecule has 2 amide bonds. The molecule has 29 heavy (non-hydrogen) atoms. The average molecular weight is 461 g/mol. The van der Waals surface area contributed by atoms with E-state index in [0.29, 0.717) is 18.2 Å². The SMILES string of the molecule is COC(=O)N(C)C1CCC(CC(=O)Nc2cc(-c3ccccn3)c(Br)cn2)CC1. The van der Waals surface area contributed by atoms with Crippen LogP contribution in [0.1, 0.15) is 32.1 Å². The van der Waals surface area contributed by atoms with E-state index in [-0.39, 0.29) is 18.0 Å². The third-order valence-corrected chi connectivity index (χ3v) is 6.00. The van der Waals surface area contributed by atoms with Crippen LogP contribution in [0.25, 0.3) is 11.3 Å². The van der Waals surface area contributed by atoms with Gasteiger partial charge < -0.3 is 15.0 Å². The Balaban J connectivity index is 1.55. The highest BCUT2D eigenvalue weighted by atomic mass is 79.9. The van der Waals surface area contributed by atoms with Crippen LogP contribution >= 0.6 is 15.9 Å². The molecule has 1 fully saturated rings. The van der Waals surface area contributed by atoms with Crippen LogP contribution in [0.15, 0.2) is 41.1 Å². The van der Waals surface area contributed by atoms with Crippen molar-refractivity contribution in [3.05, 3.63) is 41.1 Å². The van der Waals surface area contributed by atoms with Crippen molar-refractivity contribution in [2.75, 3.05) is 19.5 Å². The molecule has 1 aliphatic rings. The molecular weight excluding hydrogens is 436 g/mol. The van der Waals surface area contributed by atoms with E-state index in [2.05, 4.69) is 31.2 Å². The molecule has 8 heteroatoms. The smallest absolute Gasteiger partial charge is 0.409 e. The molecule has 0 saturated heterocycles. The zero-order valence-corrected chi connectivity index (χ0v) is 18.2. The first-order chi connectivity index (χ1) is 14.0. The van der Waals surface area contributed by atoms with Crippen molar-refractivity contribution in [1.29, 1.82) is 0 Å². The van der Waals surface area contributed by atoms with E-state index in [1.54, 1.807) is 24.3 Å². The predicted molar refractivity (Wildman–Crippen MR) is 114 cm³/mol. The standard InChI is InChI=1S/C21H25BrN4O3/c1-26(21(28)29-2)15-8-6-14(7-9-15)11-20(27)25-19-12-16(17(22)13-24-19)18-5-3-4-10-23-18/h3-5,10,12-15H,6-9,11H2,1-2H3,(H,24,25,27). The first kappa shape index (κ1) is 21.2. The molecule has 0 aliphatic heterocycles. The van der Waals surface area contributed by atoms with Gasteiger partial charge in [0.15, 0.2) is 0 Å². The summed E-state index contributed by atoms with van der Waals surface area (Å²) in [6.45, 7) is 0. The summed E-state index contributed by atoms with van der Waals surface area (Å²) >= 11 is 3.49. The van der Waals surface area contributed by atoms with Gasteiger partial charge in [-0.05, 0) is 65.7 Å². The Bertz CT molecular complexity index is 854. The molecule has 154 valence electrons. The van der Waals surface area contributed by atoms with Crippen molar-refractivity contribution in [2.45, 2.75) is 38.1 Å². The van der Waals surface area contributed by atoms with Gasteiger partial charge in [0.05, 0.1) is 12.8 Å². The number of hydrogen-bond donors (Lipinski definition) is 1. The van der Waals surface area contributed by atoms with Gasteiger partial charge in [0, 0.05) is 41.9 Å². The molecular formula is C21H25BrN4O3. The van der Waals surface area contributed by atoms with Crippen molar-refractivity contribution >= 4 is 33.7 Å². The molecule has 0 aromatic carbocycles. The lowest BCUT2D eigenvalue weighted by atomic mass is 9.83. The van der Waals surface area contributed by atoms with E-state index in [1.807, 2.05) is 24.3 Å². The van der Waals surface area contributed by atoms with Crippen molar-refractivity contribution in [3.63, 3.8) is 0 Å². The molecule has 0 bridgehead atoms. The molecule has 0 spiro atoms. The van der Waals surface area contributed by atoms with Gasteiger partial charge >= 0.3 is 6.09 Å². The lowest BCUT2D eigenvalue weighted by Crippen LogP contribution is -2.39. The van der Waals surface area contributed by atoms with Crippen LogP contribution in [0.2, 0.25) is 0 Å². The Labute approximate surface area is 179 Å². The Hall–Kier alpha value is -2.48. The van der Waals surface area contributed by atoms with Gasteiger partial charge in [-0.2, -0.15) is 0 Å². The highest BCUT2D eigenvalue weighted by Gasteiger charge is 2.28. The topological polar surface area (TPSA) is 84.4 Å². The highest BCUT2D eigenvalue weighted by molar-refractivity contribution is 9.10. The number of rotatable bonds is 5. The summed E-state index contributed by atoms with van der Waals surface area (Å²) in [5.41, 5.74) is 1.69. The second-order valence-electron chi connectivity index (χ2n) is 7.27. The number of aromatic nitrogens is 2. The fraction of sp³-hybridized carbons (Fsp3) is 0.429. The zero-order valence-electron chi connectivity index (χ0n) is 16.6. The Morgan fingerprint density at radius 2 is 2.00 bits per heavy atom. The monoisotopic (exact) mass is 460 g/mol. The molecule has 1 N–H and O–H groups in total. The lowest BCUT2D eigenvalue weighted by molar-refractivity contribution is -0.117. The third kappa shape index (κ3) is 5.53. The third-order valence-electron chi connectivity index (χ3n) is 5.36. The minimum atomic E-state index is -0.309. The van der Waals surface area contributed by atoms with Crippen LogP contribution in [-0.4, -0.2) is 47.1 Å². The summed E-state index contributed by atoms with van der Waals surface area (Å²) in [4.78, 5) is 34.5. The van der Waals surface area contributed by atoms with Gasteiger partial charge in [-0.3, -0.25) is 9.78 Å². The zero-order chi connectivity index (χ0) is 20.8. The normalized spacial score (nSPS) is 18.7. The maximum absolute atomic E-state index is 12.5. The molecule has 1 aliphatic carbocycles. The van der Waals surface area contributed by atoms with E-state index in [4.69, 9.17) is 4.74 Å². The highest BCUT2D eigenvalue weighted by Crippen LogP contribution is 2.31. The van der Waals surface area contributed by atoms with Gasteiger partial charge in [-0.25, -0.2) is 9.78 Å². The van der Waals surface area contributed by atoms with Crippen molar-refractivity contribution in [2.24, 2.45) is 5.92 Å². The fourth-order valence-electron chi connectivity index (χ4n) is 3.71. The Morgan fingerprint density at radius 3 is 2.66 bits per heavy atom. The molecule has 2 heterocycles. The van der Waals surface area contributed by atoms with Crippen LogP contribution in [-0.2, 0) is 9.53 Å². The number of carbonyl (C=O) groups excluding carboxylic acids is 2. The van der Waals surface area contributed by atoms with E-state index in [9.17, 15) is 9.59 Å². The quantitative estimate of drug-likeness (QED) is 0.709. The van der Waals surface area contributed by atoms with Crippen molar-refractivity contribution in [1.82, 2.24) is 14.9 Å². The first-order valence-electron chi connectivity index (χ1n) is 9.65. The number of amides is 2. The largest absolute Gasteiger partial charge is 0.453 e. The predicted octanol–water partition coefficient (Wildman–Crippen LogP) is 4.49. The summed E-state index contributed by atoms with van der Waals surface area (Å²) in [5, 5.41) is 2.90. The molecule has 0 atom stereocenters. The molecule has 0 radical (unpaired) electrons. The number of methoxy groups -OCH3 is 1. The van der Waals surface area contributed by atoms with Gasteiger partial charge in [-0.1, -0.05) is 6.07 Å². The van der Waals surface area contributed by atoms with Crippen LogP contribution in [0.3, 0.4) is 0 Å². The number of nitrogens with one attached hydrogen (secondary N) is 1. The summed E-state index contributed by atoms with van der Waals surface area (Å²) in [5.74, 6) is 0.775. The summed E-state index contributed by atoms with van der Waals surface area (Å²) < 4.78 is 5.60. The summed E-state index contributed by atoms with van der Waals surface area (Å²) in [6.07, 6.45) is 7.12. The minimum absolute atomic E-state index is 0.0448. The summed E-state index contributed by atoms with van der Waals surface area (Å²) in [7, 11) is 3.16. The van der Waals surface area contributed by atoms with Crippen LogP contribution < -0.4 is 5.32 Å². The Kier molecular flexibility index (Phi) is 7.19. The molecule has 3 rings (SSSR count). The van der Waals surface area contributed by atoms with E-state index < -0.39 is 0 Å². The number of ether oxygens (including phenoxy) is 1. The van der Waals surface area contributed by atoms with Crippen molar-refractivity contribution in [3.8, 4) is 11.3 Å². The van der Waals surface area contributed by atoms with Gasteiger partial charge in [0.25, 0.3) is 0 Å². The van der Waals surface area contributed by atoms with E-state index in [0.717, 1.165) is 41.4 Å². The van der Waals surface area contributed by atoms with Gasteiger partial charge in [-0.15, -0.1) is 0 Å². The second kappa shape index (κ2) is 9.82. The van der Waals surface area contributed by atoms with Crippen LogP contribution in [0, 0.1) is 5.92 Å². The molecule has 7 nitrogen and oxygen atoms in total. The van der Waals surface area contributed by atoms with Gasteiger partial charge in [0.1, 0.15) is 5.82 Å². The van der Waals surface area contributed by atoms with E-state index in [1.165, 1.54) is 7.11 Å². The van der Waals surface area contributed by atoms with Gasteiger partial charge in [0.2, 0.25) is 5.91 Å². The number of nitrogens with zero attached hydrogens (tertiary/aromatic N) is 3. The lowest BCUT2D eigenvalue weighted by Gasteiger charge is -2.33. The minimum Gasteiger partial charge on any atom is -0.453 e. The number of halogens is 1. The van der Waals surface area contributed by atoms with Crippen molar-refractivity contribution < 1.29 is 14.3 Å². The number of hydrogen-bond acceptors (Lipinski definition) is 5. The maximum Gasteiger partial charge on any atom is 0.409 e. The molecule has 2 aromatic heterocycles. The number of anilines is 1. The average Bonchev–Trinajstić information content (AvgIpc) is 2.75. The first-order valence-corrected chi connectivity index (χ1v) is 10.4. The summed E-state index contributed by atoms with van der Waals surface area (Å²) in [6, 6.07) is 7.69. The maximum atomic E-state index is 12.5. The molecule has 1 saturated carbocycles. The second-order valence-corrected chi connectivity index (χ2v) is 8.13. The van der Waals surface area contributed by atoms with E-state index >= 15 is 0 Å². The Morgan fingerprint density at radius 1 is 1.24 bits per heavy atom.